The number of carbonyl (C=O) groups is 2. The summed E-state index contributed by atoms with van der Waals surface area (Å²) >= 11 is 0. The quantitative estimate of drug-likeness (QED) is 0.363. The highest BCUT2D eigenvalue weighted by molar-refractivity contribution is 6.08. The van der Waals surface area contributed by atoms with E-state index in [0.717, 1.165) is 31.1 Å². The lowest BCUT2D eigenvalue weighted by Crippen LogP contribution is -2.43. The van der Waals surface area contributed by atoms with E-state index in [2.05, 4.69) is 10.4 Å². The van der Waals surface area contributed by atoms with E-state index in [-0.39, 0.29) is 34.8 Å². The smallest absolute Gasteiger partial charge is 0.278 e. The average molecular weight is 548 g/mol. The van der Waals surface area contributed by atoms with Crippen LogP contribution in [-0.2, 0) is 11.8 Å². The summed E-state index contributed by atoms with van der Waals surface area (Å²) in [5.41, 5.74) is 1.31. The molecule has 2 N–H and O–H groups in total. The zero-order valence-electron chi connectivity index (χ0n) is 22.9. The number of nitrogens with zero attached hydrogens (tertiary/aromatic N) is 6. The van der Waals surface area contributed by atoms with Crippen molar-refractivity contribution in [2.45, 2.75) is 50.8 Å². The van der Waals surface area contributed by atoms with Crippen molar-refractivity contribution in [3.8, 4) is 11.4 Å². The van der Waals surface area contributed by atoms with E-state index in [4.69, 9.17) is 9.84 Å². The molecule has 2 amide bonds. The standard InChI is InChI=1S/C28H33N7O5/c1-17(36)27(38)33(3)19-7-9-20(10-8-19)35-15-18-12-22(25(40-4)13-24(18)31-35)26(37)30-23-6-5-11-34(28(23)39)21-14-29-32(2)16-21/h5-6,11-17,19-20,36H,7-10H2,1-4H3,(H,30,37)/t17-,19?,20?/m1/s1. The van der Waals surface area contributed by atoms with Crippen molar-refractivity contribution in [3.63, 3.8) is 0 Å². The van der Waals surface area contributed by atoms with Gasteiger partial charge in [0.05, 0.1) is 36.1 Å². The van der Waals surface area contributed by atoms with Crippen molar-refractivity contribution in [2.75, 3.05) is 19.5 Å². The first-order chi connectivity index (χ1) is 19.2. The van der Waals surface area contributed by atoms with Crippen LogP contribution in [0.2, 0.25) is 0 Å². The topological polar surface area (TPSA) is 137 Å². The lowest BCUT2D eigenvalue weighted by molar-refractivity contribution is -0.140. The highest BCUT2D eigenvalue weighted by Gasteiger charge is 2.29. The molecule has 0 aliphatic heterocycles. The van der Waals surface area contributed by atoms with Gasteiger partial charge in [0, 0.05) is 50.2 Å². The molecule has 1 aromatic carbocycles. The molecule has 1 fully saturated rings. The fourth-order valence-corrected chi connectivity index (χ4v) is 5.30. The second kappa shape index (κ2) is 11.0. The Balaban J connectivity index is 1.35. The molecule has 5 rings (SSSR count). The molecule has 1 aliphatic rings. The number of pyridine rings is 1. The summed E-state index contributed by atoms with van der Waals surface area (Å²) in [6, 6.07) is 6.91. The minimum Gasteiger partial charge on any atom is -0.496 e. The number of aryl methyl sites for hydroxylation is 1. The molecule has 0 saturated heterocycles. The maximum absolute atomic E-state index is 13.3. The molecule has 0 bridgehead atoms. The molecule has 40 heavy (non-hydrogen) atoms. The second-order valence-electron chi connectivity index (χ2n) is 10.2. The number of nitrogens with one attached hydrogen (secondary N) is 1. The molecule has 4 aromatic rings. The summed E-state index contributed by atoms with van der Waals surface area (Å²) in [6.45, 7) is 1.49. The Morgan fingerprint density at radius 3 is 2.60 bits per heavy atom. The molecule has 1 aliphatic carbocycles. The third kappa shape index (κ3) is 5.22. The normalized spacial score (nSPS) is 17.9. The summed E-state index contributed by atoms with van der Waals surface area (Å²) in [4.78, 5) is 40.2. The fourth-order valence-electron chi connectivity index (χ4n) is 5.30. The molecule has 12 nitrogen and oxygen atoms in total. The van der Waals surface area contributed by atoms with Gasteiger partial charge in [-0.1, -0.05) is 0 Å². The predicted octanol–water partition coefficient (Wildman–Crippen LogP) is 2.50. The van der Waals surface area contributed by atoms with Gasteiger partial charge in [0.15, 0.2) is 0 Å². The molecule has 3 aromatic heterocycles. The number of ether oxygens (including phenoxy) is 1. The number of hydrogen-bond donors (Lipinski definition) is 2. The summed E-state index contributed by atoms with van der Waals surface area (Å²) in [7, 11) is 4.99. The number of methoxy groups -OCH3 is 1. The van der Waals surface area contributed by atoms with Crippen LogP contribution in [0.15, 0.2) is 53.8 Å². The van der Waals surface area contributed by atoms with Crippen molar-refractivity contribution in [1.29, 1.82) is 0 Å². The Labute approximate surface area is 230 Å². The third-order valence-corrected chi connectivity index (χ3v) is 7.55. The van der Waals surface area contributed by atoms with Gasteiger partial charge in [-0.05, 0) is 50.8 Å². The molecule has 0 radical (unpaired) electrons. The van der Waals surface area contributed by atoms with Crippen molar-refractivity contribution >= 4 is 28.4 Å². The van der Waals surface area contributed by atoms with Crippen LogP contribution >= 0.6 is 0 Å². The number of aromatic nitrogens is 5. The molecule has 1 saturated carbocycles. The first-order valence-electron chi connectivity index (χ1n) is 13.2. The maximum Gasteiger partial charge on any atom is 0.278 e. The average Bonchev–Trinajstić information content (AvgIpc) is 3.58. The molecular formula is C28H33N7O5. The summed E-state index contributed by atoms with van der Waals surface area (Å²) in [6.07, 6.45) is 9.08. The number of likely N-dealkylation sites (N-methyl/N-ethyl adjacent to an activating group) is 1. The number of fused-ring (bicyclic) bond motifs is 1. The molecular weight excluding hydrogens is 514 g/mol. The Bertz CT molecular complexity index is 1610. The zero-order valence-corrected chi connectivity index (χ0v) is 22.9. The first-order valence-corrected chi connectivity index (χ1v) is 13.2. The SMILES string of the molecule is COc1cc2nn(C3CCC(N(C)C(=O)[C@@H](C)O)CC3)cc2cc1C(=O)Nc1cccn(-c2cnn(C)c2)c1=O. The van der Waals surface area contributed by atoms with Gasteiger partial charge in [0.25, 0.3) is 17.4 Å². The van der Waals surface area contributed by atoms with Crippen LogP contribution in [0.25, 0.3) is 16.6 Å². The van der Waals surface area contributed by atoms with Crippen LogP contribution in [0, 0.1) is 0 Å². The van der Waals surface area contributed by atoms with E-state index in [1.807, 2.05) is 10.9 Å². The van der Waals surface area contributed by atoms with E-state index in [1.54, 1.807) is 66.5 Å². The number of rotatable bonds is 7. The van der Waals surface area contributed by atoms with Gasteiger partial charge in [-0.2, -0.15) is 10.2 Å². The van der Waals surface area contributed by atoms with Gasteiger partial charge in [-0.15, -0.1) is 0 Å². The van der Waals surface area contributed by atoms with E-state index in [1.165, 1.54) is 18.6 Å². The molecule has 3 heterocycles. The fraction of sp³-hybridized carbons (Fsp3) is 0.393. The van der Waals surface area contributed by atoms with Gasteiger partial charge in [-0.3, -0.25) is 28.3 Å². The number of aliphatic hydroxyl groups excluding tert-OH is 1. The predicted molar refractivity (Wildman–Crippen MR) is 149 cm³/mol. The summed E-state index contributed by atoms with van der Waals surface area (Å²) < 4.78 is 10.4. The minimum absolute atomic E-state index is 0.0828. The minimum atomic E-state index is -1.01. The van der Waals surface area contributed by atoms with Crippen molar-refractivity contribution in [1.82, 2.24) is 29.0 Å². The maximum atomic E-state index is 13.3. The first kappa shape index (κ1) is 27.1. The van der Waals surface area contributed by atoms with E-state index >= 15 is 0 Å². The lowest BCUT2D eigenvalue weighted by atomic mass is 9.90. The van der Waals surface area contributed by atoms with Gasteiger partial charge >= 0.3 is 0 Å². The molecule has 210 valence electrons. The van der Waals surface area contributed by atoms with Crippen molar-refractivity contribution in [3.05, 3.63) is 65.0 Å². The highest BCUT2D eigenvalue weighted by atomic mass is 16.5. The van der Waals surface area contributed by atoms with Crippen molar-refractivity contribution in [2.24, 2.45) is 7.05 Å². The van der Waals surface area contributed by atoms with Crippen LogP contribution in [0.4, 0.5) is 5.69 Å². The van der Waals surface area contributed by atoms with Gasteiger partial charge < -0.3 is 20.1 Å². The molecule has 12 heteroatoms. The van der Waals surface area contributed by atoms with Crippen LogP contribution in [-0.4, -0.2) is 72.3 Å². The molecule has 0 spiro atoms. The Kier molecular flexibility index (Phi) is 7.44. The van der Waals surface area contributed by atoms with Crippen LogP contribution in [0.3, 0.4) is 0 Å². The van der Waals surface area contributed by atoms with Gasteiger partial charge in [-0.25, -0.2) is 0 Å². The van der Waals surface area contributed by atoms with Crippen LogP contribution in [0.1, 0.15) is 49.0 Å². The monoisotopic (exact) mass is 547 g/mol. The highest BCUT2D eigenvalue weighted by Crippen LogP contribution is 2.33. The lowest BCUT2D eigenvalue weighted by Gasteiger charge is -2.35. The Morgan fingerprint density at radius 1 is 1.20 bits per heavy atom. The van der Waals surface area contributed by atoms with Crippen LogP contribution < -0.4 is 15.6 Å². The second-order valence-corrected chi connectivity index (χ2v) is 10.2. The van der Waals surface area contributed by atoms with E-state index < -0.39 is 12.0 Å². The Hall–Kier alpha value is -4.45. The Morgan fingerprint density at radius 2 is 1.95 bits per heavy atom. The van der Waals surface area contributed by atoms with Gasteiger partial charge in [0.2, 0.25) is 0 Å². The number of hydrogen-bond acceptors (Lipinski definition) is 7. The molecule has 1 atom stereocenters. The zero-order chi connectivity index (χ0) is 28.6. The number of amides is 2. The number of carbonyl (C=O) groups excluding carboxylic acids is 2. The molecule has 0 unspecified atom stereocenters. The van der Waals surface area contributed by atoms with Gasteiger partial charge in [0.1, 0.15) is 17.5 Å². The van der Waals surface area contributed by atoms with Crippen molar-refractivity contribution < 1.29 is 19.4 Å². The third-order valence-electron chi connectivity index (χ3n) is 7.55. The number of benzene rings is 1. The van der Waals surface area contributed by atoms with E-state index in [9.17, 15) is 19.5 Å². The number of anilines is 1. The summed E-state index contributed by atoms with van der Waals surface area (Å²) in [5.74, 6) is -0.391. The number of aliphatic hydroxyl groups is 1. The largest absolute Gasteiger partial charge is 0.496 e. The van der Waals surface area contributed by atoms with Crippen LogP contribution in [0.5, 0.6) is 5.75 Å². The van der Waals surface area contributed by atoms with E-state index in [0.29, 0.717) is 17.0 Å². The summed E-state index contributed by atoms with van der Waals surface area (Å²) in [5, 5.41) is 22.0.